The fourth-order valence-corrected chi connectivity index (χ4v) is 2.83. The molecule has 0 saturated carbocycles. The number of nitrogens with one attached hydrogen (secondary N) is 1. The SMILES string of the molecule is CCCCCCC(NCC)c1c(F)cccc1Br. The minimum Gasteiger partial charge on any atom is -0.310 e. The van der Waals surface area contributed by atoms with Gasteiger partial charge in [-0.15, -0.1) is 0 Å². The molecule has 3 heteroatoms. The van der Waals surface area contributed by atoms with E-state index in [2.05, 4.69) is 35.1 Å². The topological polar surface area (TPSA) is 12.0 Å². The standard InChI is InChI=1S/C15H23BrFN/c1-3-5-6-7-11-14(18-4-2)15-12(16)9-8-10-13(15)17/h8-10,14,18H,3-7,11H2,1-2H3. The highest BCUT2D eigenvalue weighted by atomic mass is 79.9. The maximum Gasteiger partial charge on any atom is 0.129 e. The van der Waals surface area contributed by atoms with E-state index in [0.29, 0.717) is 0 Å². The van der Waals surface area contributed by atoms with Gasteiger partial charge in [-0.2, -0.15) is 0 Å². The van der Waals surface area contributed by atoms with Crippen LogP contribution in [0.15, 0.2) is 22.7 Å². The van der Waals surface area contributed by atoms with Crippen molar-refractivity contribution in [2.75, 3.05) is 6.54 Å². The highest BCUT2D eigenvalue weighted by Gasteiger charge is 2.17. The van der Waals surface area contributed by atoms with Crippen LogP contribution in [0, 0.1) is 5.82 Å². The Hall–Kier alpha value is -0.410. The van der Waals surface area contributed by atoms with Gasteiger partial charge in [-0.3, -0.25) is 0 Å². The van der Waals surface area contributed by atoms with Crippen molar-refractivity contribution in [2.45, 2.75) is 52.0 Å². The molecule has 1 rings (SSSR count). The van der Waals surface area contributed by atoms with Crippen LogP contribution in [0.5, 0.6) is 0 Å². The van der Waals surface area contributed by atoms with Crippen LogP contribution >= 0.6 is 15.9 Å². The van der Waals surface area contributed by atoms with Crippen LogP contribution < -0.4 is 5.32 Å². The molecule has 1 unspecified atom stereocenters. The van der Waals surface area contributed by atoms with Crippen molar-refractivity contribution in [2.24, 2.45) is 0 Å². The Morgan fingerprint density at radius 1 is 1.22 bits per heavy atom. The second kappa shape index (κ2) is 8.65. The summed E-state index contributed by atoms with van der Waals surface area (Å²) in [6.45, 7) is 5.13. The van der Waals surface area contributed by atoms with E-state index >= 15 is 0 Å². The Bertz CT molecular complexity index is 334. The summed E-state index contributed by atoms with van der Waals surface area (Å²) >= 11 is 3.46. The van der Waals surface area contributed by atoms with Crippen molar-refractivity contribution in [1.82, 2.24) is 5.32 Å². The molecule has 0 aromatic heterocycles. The zero-order chi connectivity index (χ0) is 13.4. The molecular formula is C15H23BrFN. The summed E-state index contributed by atoms with van der Waals surface area (Å²) < 4.78 is 14.8. The quantitative estimate of drug-likeness (QED) is 0.649. The maximum atomic E-state index is 13.9. The molecule has 0 aliphatic heterocycles. The van der Waals surface area contributed by atoms with Gasteiger partial charge in [-0.25, -0.2) is 4.39 Å². The normalized spacial score (nSPS) is 12.7. The molecule has 0 heterocycles. The summed E-state index contributed by atoms with van der Waals surface area (Å²) in [5.74, 6) is -0.120. The van der Waals surface area contributed by atoms with Crippen molar-refractivity contribution < 1.29 is 4.39 Å². The molecule has 102 valence electrons. The van der Waals surface area contributed by atoms with E-state index < -0.39 is 0 Å². The fourth-order valence-electron chi connectivity index (χ4n) is 2.21. The van der Waals surface area contributed by atoms with Crippen molar-refractivity contribution >= 4 is 15.9 Å². The van der Waals surface area contributed by atoms with Gasteiger partial charge < -0.3 is 5.32 Å². The molecule has 0 saturated heterocycles. The summed E-state index contributed by atoms with van der Waals surface area (Å²) in [5.41, 5.74) is 0.774. The Morgan fingerprint density at radius 3 is 2.61 bits per heavy atom. The minimum absolute atomic E-state index is 0.113. The smallest absolute Gasteiger partial charge is 0.129 e. The van der Waals surface area contributed by atoms with Crippen LogP contribution in [0.25, 0.3) is 0 Å². The average molecular weight is 316 g/mol. The van der Waals surface area contributed by atoms with E-state index in [1.54, 1.807) is 6.07 Å². The first-order chi connectivity index (χ1) is 8.70. The molecular weight excluding hydrogens is 293 g/mol. The van der Waals surface area contributed by atoms with E-state index in [1.807, 2.05) is 6.07 Å². The number of benzene rings is 1. The Morgan fingerprint density at radius 2 is 2.00 bits per heavy atom. The van der Waals surface area contributed by atoms with Crippen LogP contribution in [0.1, 0.15) is 57.6 Å². The first kappa shape index (κ1) is 15.6. The van der Waals surface area contributed by atoms with Gasteiger partial charge in [0, 0.05) is 16.1 Å². The van der Waals surface area contributed by atoms with Gasteiger partial charge in [0.15, 0.2) is 0 Å². The molecule has 1 atom stereocenters. The van der Waals surface area contributed by atoms with Gasteiger partial charge in [0.05, 0.1) is 0 Å². The van der Waals surface area contributed by atoms with Crippen molar-refractivity contribution in [3.63, 3.8) is 0 Å². The number of hydrogen-bond acceptors (Lipinski definition) is 1. The van der Waals surface area contributed by atoms with Crippen LogP contribution in [0.3, 0.4) is 0 Å². The number of hydrogen-bond donors (Lipinski definition) is 1. The molecule has 18 heavy (non-hydrogen) atoms. The summed E-state index contributed by atoms with van der Waals surface area (Å²) in [4.78, 5) is 0. The van der Waals surface area contributed by atoms with Gasteiger partial charge in [0.2, 0.25) is 0 Å². The lowest BCUT2D eigenvalue weighted by Crippen LogP contribution is -2.22. The number of unbranched alkanes of at least 4 members (excludes halogenated alkanes) is 3. The molecule has 0 spiro atoms. The van der Waals surface area contributed by atoms with Crippen LogP contribution in [0.4, 0.5) is 4.39 Å². The average Bonchev–Trinajstić information content (AvgIpc) is 2.34. The molecule has 0 fully saturated rings. The molecule has 0 radical (unpaired) electrons. The summed E-state index contributed by atoms with van der Waals surface area (Å²) in [6, 6.07) is 5.30. The third-order valence-corrected chi connectivity index (χ3v) is 3.84. The Balaban J connectivity index is 2.71. The predicted molar refractivity (Wildman–Crippen MR) is 79.3 cm³/mol. The highest BCUT2D eigenvalue weighted by molar-refractivity contribution is 9.10. The van der Waals surface area contributed by atoms with Crippen molar-refractivity contribution in [3.8, 4) is 0 Å². The molecule has 0 aliphatic carbocycles. The second-order valence-corrected chi connectivity index (χ2v) is 5.45. The van der Waals surface area contributed by atoms with Crippen LogP contribution in [-0.4, -0.2) is 6.54 Å². The van der Waals surface area contributed by atoms with Gasteiger partial charge in [-0.05, 0) is 25.1 Å². The zero-order valence-electron chi connectivity index (χ0n) is 11.3. The third kappa shape index (κ3) is 4.69. The maximum absolute atomic E-state index is 13.9. The molecule has 1 aromatic rings. The first-order valence-electron chi connectivity index (χ1n) is 6.88. The van der Waals surface area contributed by atoms with E-state index in [9.17, 15) is 4.39 Å². The van der Waals surface area contributed by atoms with E-state index in [4.69, 9.17) is 0 Å². The molecule has 0 bridgehead atoms. The highest BCUT2D eigenvalue weighted by Crippen LogP contribution is 2.29. The third-order valence-electron chi connectivity index (χ3n) is 3.15. The Kier molecular flexibility index (Phi) is 7.52. The molecule has 0 aliphatic rings. The van der Waals surface area contributed by atoms with Gasteiger partial charge in [-0.1, -0.05) is 61.5 Å². The summed E-state index contributed by atoms with van der Waals surface area (Å²) in [7, 11) is 0. The van der Waals surface area contributed by atoms with Crippen LogP contribution in [-0.2, 0) is 0 Å². The van der Waals surface area contributed by atoms with Gasteiger partial charge >= 0.3 is 0 Å². The van der Waals surface area contributed by atoms with Gasteiger partial charge in [0.1, 0.15) is 5.82 Å². The number of rotatable bonds is 8. The molecule has 1 nitrogen and oxygen atoms in total. The van der Waals surface area contributed by atoms with Crippen LogP contribution in [0.2, 0.25) is 0 Å². The fraction of sp³-hybridized carbons (Fsp3) is 0.600. The van der Waals surface area contributed by atoms with Gasteiger partial charge in [0.25, 0.3) is 0 Å². The minimum atomic E-state index is -0.120. The van der Waals surface area contributed by atoms with Crippen molar-refractivity contribution in [3.05, 3.63) is 34.1 Å². The molecule has 1 aromatic carbocycles. The zero-order valence-corrected chi connectivity index (χ0v) is 12.9. The lowest BCUT2D eigenvalue weighted by Gasteiger charge is -2.20. The second-order valence-electron chi connectivity index (χ2n) is 4.59. The summed E-state index contributed by atoms with van der Waals surface area (Å²) in [5, 5.41) is 3.39. The monoisotopic (exact) mass is 315 g/mol. The Labute approximate surface area is 118 Å². The van der Waals surface area contributed by atoms with Crippen molar-refractivity contribution in [1.29, 1.82) is 0 Å². The van der Waals surface area contributed by atoms with E-state index in [0.717, 1.165) is 29.4 Å². The lowest BCUT2D eigenvalue weighted by atomic mass is 9.99. The van der Waals surface area contributed by atoms with E-state index in [1.165, 1.54) is 25.3 Å². The lowest BCUT2D eigenvalue weighted by molar-refractivity contribution is 0.459. The van der Waals surface area contributed by atoms with E-state index in [-0.39, 0.29) is 11.9 Å². The molecule has 1 N–H and O–H groups in total. The number of halogens is 2. The summed E-state index contributed by atoms with van der Waals surface area (Å²) in [6.07, 6.45) is 5.86. The predicted octanol–water partition coefficient (Wildman–Crippen LogP) is 5.21. The first-order valence-corrected chi connectivity index (χ1v) is 7.67. The largest absolute Gasteiger partial charge is 0.310 e. The molecule has 0 amide bonds.